The van der Waals surface area contributed by atoms with Crippen molar-refractivity contribution in [2.75, 3.05) is 0 Å². The topological polar surface area (TPSA) is 118 Å². The second-order valence-electron chi connectivity index (χ2n) is 3.36. The van der Waals surface area contributed by atoms with Gasteiger partial charge in [0.15, 0.2) is 0 Å². The number of rotatable bonds is 4. The van der Waals surface area contributed by atoms with Crippen LogP contribution in [0.25, 0.3) is 0 Å². The summed E-state index contributed by atoms with van der Waals surface area (Å²) in [5.41, 5.74) is 4.92. The van der Waals surface area contributed by atoms with E-state index in [0.717, 1.165) is 6.42 Å². The van der Waals surface area contributed by atoms with Crippen molar-refractivity contribution >= 4 is 17.8 Å². The lowest BCUT2D eigenvalue weighted by Gasteiger charge is -1.99. The van der Waals surface area contributed by atoms with Gasteiger partial charge >= 0.3 is 11.9 Å². The number of carboxylic acid groups (broad SMARTS) is 2. The highest BCUT2D eigenvalue weighted by Crippen LogP contribution is 2.06. The molecule has 6 heteroatoms. The van der Waals surface area contributed by atoms with Gasteiger partial charge in [-0.05, 0) is 18.6 Å². The Morgan fingerprint density at radius 2 is 1.61 bits per heavy atom. The molecule has 0 saturated heterocycles. The number of hydrogen-bond acceptors (Lipinski definition) is 3. The molecule has 0 heterocycles. The number of hydrogen-bond donors (Lipinski definition) is 3. The minimum absolute atomic E-state index is 0.0324. The Kier molecular flexibility index (Phi) is 6.80. The van der Waals surface area contributed by atoms with Gasteiger partial charge in [-0.2, -0.15) is 0 Å². The number of aromatic carboxylic acids is 1. The van der Waals surface area contributed by atoms with E-state index in [4.69, 9.17) is 15.9 Å². The van der Waals surface area contributed by atoms with Crippen molar-refractivity contribution in [1.82, 2.24) is 0 Å². The lowest BCUT2D eigenvalue weighted by Crippen LogP contribution is -2.15. The van der Waals surface area contributed by atoms with Crippen LogP contribution in [-0.2, 0) is 4.79 Å². The van der Waals surface area contributed by atoms with Crippen LogP contribution in [0.3, 0.4) is 0 Å². The van der Waals surface area contributed by atoms with Crippen LogP contribution in [0, 0.1) is 0 Å². The summed E-state index contributed by atoms with van der Waals surface area (Å²) in [6, 6.07) is 5.82. The van der Waals surface area contributed by atoms with Gasteiger partial charge < -0.3 is 15.9 Å². The highest BCUT2D eigenvalue weighted by Gasteiger charge is 2.11. The van der Waals surface area contributed by atoms with E-state index in [1.165, 1.54) is 18.2 Å². The zero-order chi connectivity index (χ0) is 14.1. The van der Waals surface area contributed by atoms with Crippen LogP contribution in [-0.4, -0.2) is 28.1 Å². The first-order valence-corrected chi connectivity index (χ1v) is 5.24. The first kappa shape index (κ1) is 15.6. The molecule has 0 aliphatic heterocycles. The third-order valence-electron chi connectivity index (χ3n) is 1.89. The molecule has 0 aromatic heterocycles. The predicted octanol–water partition coefficient (Wildman–Crippen LogP) is 1.35. The first-order chi connectivity index (χ1) is 8.40. The summed E-state index contributed by atoms with van der Waals surface area (Å²) in [4.78, 5) is 30.8. The van der Waals surface area contributed by atoms with Crippen LogP contribution in [0.1, 0.15) is 40.5 Å². The van der Waals surface area contributed by atoms with Crippen molar-refractivity contribution in [3.8, 4) is 0 Å². The Bertz CT molecular complexity index is 409. The number of carbonyl (C=O) groups is 3. The zero-order valence-electron chi connectivity index (χ0n) is 9.92. The number of benzene rings is 1. The van der Waals surface area contributed by atoms with E-state index in [2.05, 4.69) is 0 Å². The van der Waals surface area contributed by atoms with Crippen LogP contribution >= 0.6 is 0 Å². The molecule has 0 radical (unpaired) electrons. The average molecular weight is 253 g/mol. The summed E-state index contributed by atoms with van der Waals surface area (Å²) in [5, 5.41) is 16.5. The van der Waals surface area contributed by atoms with Crippen molar-refractivity contribution in [2.24, 2.45) is 5.73 Å². The van der Waals surface area contributed by atoms with Gasteiger partial charge in [-0.3, -0.25) is 9.59 Å². The fourth-order valence-corrected chi connectivity index (χ4v) is 1.10. The third kappa shape index (κ3) is 5.64. The first-order valence-electron chi connectivity index (χ1n) is 5.24. The molecule has 0 saturated carbocycles. The molecule has 1 rings (SSSR count). The van der Waals surface area contributed by atoms with Crippen LogP contribution in [0.5, 0.6) is 0 Å². The van der Waals surface area contributed by atoms with Crippen LogP contribution in [0.2, 0.25) is 0 Å². The van der Waals surface area contributed by atoms with Crippen molar-refractivity contribution in [3.63, 3.8) is 0 Å². The number of nitrogens with two attached hydrogens (primary N) is 1. The minimum atomic E-state index is -1.15. The summed E-state index contributed by atoms with van der Waals surface area (Å²) in [6.45, 7) is 1.84. The maximum absolute atomic E-state index is 10.7. The molecule has 1 aromatic carbocycles. The van der Waals surface area contributed by atoms with E-state index in [1.54, 1.807) is 6.07 Å². The predicted molar refractivity (Wildman–Crippen MR) is 64.5 cm³/mol. The highest BCUT2D eigenvalue weighted by atomic mass is 16.4. The lowest BCUT2D eigenvalue weighted by atomic mass is 10.1. The monoisotopic (exact) mass is 253 g/mol. The average Bonchev–Trinajstić information content (AvgIpc) is 2.29. The van der Waals surface area contributed by atoms with Gasteiger partial charge in [0.2, 0.25) is 5.91 Å². The molecule has 18 heavy (non-hydrogen) atoms. The Morgan fingerprint density at radius 1 is 1.11 bits per heavy atom. The molecule has 1 amide bonds. The van der Waals surface area contributed by atoms with Crippen molar-refractivity contribution in [2.45, 2.75) is 19.8 Å². The Morgan fingerprint density at radius 3 is 1.83 bits per heavy atom. The van der Waals surface area contributed by atoms with Gasteiger partial charge in [-0.1, -0.05) is 19.1 Å². The molecule has 0 unspecified atom stereocenters. The maximum Gasteiger partial charge on any atom is 0.336 e. The smallest absolute Gasteiger partial charge is 0.336 e. The van der Waals surface area contributed by atoms with E-state index in [0.29, 0.717) is 6.42 Å². The molecule has 4 N–H and O–H groups in total. The van der Waals surface area contributed by atoms with Crippen LogP contribution in [0.4, 0.5) is 0 Å². The summed E-state index contributed by atoms with van der Waals surface area (Å²) < 4.78 is 0. The van der Waals surface area contributed by atoms with E-state index in [9.17, 15) is 14.4 Å². The van der Waals surface area contributed by atoms with E-state index >= 15 is 0 Å². The van der Waals surface area contributed by atoms with E-state index < -0.39 is 17.8 Å². The Labute approximate surface area is 104 Å². The van der Waals surface area contributed by atoms with Gasteiger partial charge in [0, 0.05) is 6.42 Å². The summed E-state index contributed by atoms with van der Waals surface area (Å²) in [6.07, 6.45) is 1.02. The van der Waals surface area contributed by atoms with Gasteiger partial charge in [0.05, 0.1) is 11.1 Å². The molecule has 0 fully saturated rings. The second kappa shape index (κ2) is 7.83. The second-order valence-corrected chi connectivity index (χ2v) is 3.36. The van der Waals surface area contributed by atoms with Crippen LogP contribution < -0.4 is 5.73 Å². The zero-order valence-corrected chi connectivity index (χ0v) is 9.92. The highest BCUT2D eigenvalue weighted by molar-refractivity contribution is 6.03. The summed E-state index contributed by atoms with van der Waals surface area (Å²) in [7, 11) is 0. The SMILES string of the molecule is CCCC(=O)O.NC(=O)c1ccccc1C(=O)O. The molecular weight excluding hydrogens is 238 g/mol. The van der Waals surface area contributed by atoms with Crippen LogP contribution in [0.15, 0.2) is 24.3 Å². The third-order valence-corrected chi connectivity index (χ3v) is 1.89. The summed E-state index contributed by atoms with van der Waals surface area (Å²) in [5.74, 6) is -2.59. The van der Waals surface area contributed by atoms with E-state index in [1.807, 2.05) is 6.92 Å². The van der Waals surface area contributed by atoms with Gasteiger partial charge in [-0.25, -0.2) is 4.79 Å². The fraction of sp³-hybridized carbons (Fsp3) is 0.250. The molecule has 0 spiro atoms. The van der Waals surface area contributed by atoms with Gasteiger partial charge in [-0.15, -0.1) is 0 Å². The normalized spacial score (nSPS) is 8.94. The number of carbonyl (C=O) groups excluding carboxylic acids is 1. The van der Waals surface area contributed by atoms with E-state index in [-0.39, 0.29) is 11.1 Å². The minimum Gasteiger partial charge on any atom is -0.481 e. The molecule has 6 nitrogen and oxygen atoms in total. The molecule has 1 aromatic rings. The van der Waals surface area contributed by atoms with Crippen molar-refractivity contribution in [1.29, 1.82) is 0 Å². The fourth-order valence-electron chi connectivity index (χ4n) is 1.10. The van der Waals surface area contributed by atoms with Crippen molar-refractivity contribution in [3.05, 3.63) is 35.4 Å². The van der Waals surface area contributed by atoms with Gasteiger partial charge in [0.25, 0.3) is 0 Å². The largest absolute Gasteiger partial charge is 0.481 e. The quantitative estimate of drug-likeness (QED) is 0.748. The Hall–Kier alpha value is -2.37. The number of amides is 1. The number of aliphatic carboxylic acids is 1. The molecule has 0 aliphatic rings. The lowest BCUT2D eigenvalue weighted by molar-refractivity contribution is -0.137. The molecular formula is C12H15NO5. The molecule has 98 valence electrons. The summed E-state index contributed by atoms with van der Waals surface area (Å²) >= 11 is 0. The van der Waals surface area contributed by atoms with Crippen molar-refractivity contribution < 1.29 is 24.6 Å². The maximum atomic E-state index is 10.7. The Balaban J connectivity index is 0.000000411. The van der Waals surface area contributed by atoms with Gasteiger partial charge in [0.1, 0.15) is 0 Å². The number of carboxylic acids is 2. The molecule has 0 aliphatic carbocycles. The number of primary amides is 1. The molecule has 0 atom stereocenters. The standard InChI is InChI=1S/C8H7NO3.C4H8O2/c9-7(10)5-3-1-2-4-6(5)8(11)12;1-2-3-4(5)6/h1-4H,(H2,9,10)(H,11,12);2-3H2,1H3,(H,5,6). The molecule has 0 bridgehead atoms.